The van der Waals surface area contributed by atoms with Gasteiger partial charge in [0.25, 0.3) is 0 Å². The van der Waals surface area contributed by atoms with Crippen molar-refractivity contribution in [3.63, 3.8) is 0 Å². The third-order valence-corrected chi connectivity index (χ3v) is 1.01. The third-order valence-electron chi connectivity index (χ3n) is 1.01. The summed E-state index contributed by atoms with van der Waals surface area (Å²) >= 11 is 0. The predicted octanol–water partition coefficient (Wildman–Crippen LogP) is 0.990. The van der Waals surface area contributed by atoms with Crippen molar-refractivity contribution in [1.82, 2.24) is 0 Å². The predicted molar refractivity (Wildman–Crippen MR) is 34.7 cm³/mol. The molecule has 1 heterocycles. The average molecular weight is 195 g/mol. The molecule has 72 valence electrons. The van der Waals surface area contributed by atoms with Gasteiger partial charge < -0.3 is 9.47 Å². The first-order valence-corrected chi connectivity index (χ1v) is 3.12. The van der Waals surface area contributed by atoms with Gasteiger partial charge in [-0.1, -0.05) is 0 Å². The van der Waals surface area contributed by atoms with Crippen molar-refractivity contribution in [2.75, 3.05) is 0 Å². The fraction of sp³-hybridized carbons (Fsp3) is 0.333. The number of aliphatic imine (C=N–C) groups is 1. The number of hydrogen-bond acceptors (Lipinski definition) is 4. The quantitative estimate of drug-likeness (QED) is 0.586. The standard InChI is InChI=1S/C6H4F3NO3/c7-6(8,9)4(11)13-5-10-2-1-3-12-5/h1-3,5H. The Balaban J connectivity index is 2.46. The maximum atomic E-state index is 11.6. The molecule has 1 aliphatic rings. The lowest BCUT2D eigenvalue weighted by Crippen LogP contribution is -2.30. The normalized spacial score (nSPS) is 21.0. The molecular formula is C6H4F3NO3. The minimum absolute atomic E-state index is 1.07. The van der Waals surface area contributed by atoms with E-state index in [0.29, 0.717) is 0 Å². The SMILES string of the molecule is O=C(OC1N=CC=CO1)C(F)(F)F. The van der Waals surface area contributed by atoms with Crippen molar-refractivity contribution >= 4 is 12.2 Å². The van der Waals surface area contributed by atoms with E-state index in [-0.39, 0.29) is 0 Å². The van der Waals surface area contributed by atoms with Gasteiger partial charge in [-0.3, -0.25) is 0 Å². The number of ether oxygens (including phenoxy) is 2. The summed E-state index contributed by atoms with van der Waals surface area (Å²) in [6, 6.07) is 0. The lowest BCUT2D eigenvalue weighted by molar-refractivity contribution is -0.219. The molecule has 1 atom stereocenters. The zero-order chi connectivity index (χ0) is 9.90. The van der Waals surface area contributed by atoms with E-state index < -0.39 is 18.6 Å². The summed E-state index contributed by atoms with van der Waals surface area (Å²) in [6.45, 7) is 0. The zero-order valence-corrected chi connectivity index (χ0v) is 6.12. The number of nitrogens with zero attached hydrogens (tertiary/aromatic N) is 1. The highest BCUT2D eigenvalue weighted by Crippen LogP contribution is 2.18. The summed E-state index contributed by atoms with van der Waals surface area (Å²) in [5.74, 6) is -2.33. The van der Waals surface area contributed by atoms with E-state index in [0.717, 1.165) is 12.5 Å². The average Bonchev–Trinajstić information content (AvgIpc) is 2.04. The van der Waals surface area contributed by atoms with Gasteiger partial charge in [-0.2, -0.15) is 13.2 Å². The van der Waals surface area contributed by atoms with Gasteiger partial charge in [-0.15, -0.1) is 0 Å². The molecule has 0 saturated carbocycles. The largest absolute Gasteiger partial charge is 0.491 e. The molecule has 0 fully saturated rings. The Morgan fingerprint density at radius 1 is 1.54 bits per heavy atom. The summed E-state index contributed by atoms with van der Waals surface area (Å²) in [7, 11) is 0. The van der Waals surface area contributed by atoms with Crippen molar-refractivity contribution in [3.05, 3.63) is 12.3 Å². The summed E-state index contributed by atoms with van der Waals surface area (Å²) in [4.78, 5) is 13.5. The van der Waals surface area contributed by atoms with Crippen LogP contribution in [0, 0.1) is 0 Å². The second-order valence-electron chi connectivity index (χ2n) is 1.97. The molecule has 0 aromatic heterocycles. The summed E-state index contributed by atoms with van der Waals surface area (Å²) < 4.78 is 43.1. The van der Waals surface area contributed by atoms with E-state index in [4.69, 9.17) is 0 Å². The number of esters is 1. The first-order valence-electron chi connectivity index (χ1n) is 3.12. The second-order valence-corrected chi connectivity index (χ2v) is 1.97. The van der Waals surface area contributed by atoms with Gasteiger partial charge in [0, 0.05) is 6.21 Å². The molecule has 0 N–H and O–H groups in total. The maximum Gasteiger partial charge on any atom is 0.491 e. The highest BCUT2D eigenvalue weighted by atomic mass is 19.4. The summed E-state index contributed by atoms with van der Waals surface area (Å²) in [5, 5.41) is 0. The van der Waals surface area contributed by atoms with Crippen LogP contribution in [-0.2, 0) is 14.3 Å². The molecular weight excluding hydrogens is 191 g/mol. The molecule has 0 aromatic carbocycles. The Morgan fingerprint density at radius 2 is 2.23 bits per heavy atom. The van der Waals surface area contributed by atoms with Crippen LogP contribution in [0.15, 0.2) is 17.3 Å². The third kappa shape index (κ3) is 2.77. The van der Waals surface area contributed by atoms with Crippen molar-refractivity contribution in [2.24, 2.45) is 4.99 Å². The van der Waals surface area contributed by atoms with Crippen LogP contribution >= 0.6 is 0 Å². The molecule has 7 heteroatoms. The van der Waals surface area contributed by atoms with E-state index in [2.05, 4.69) is 14.5 Å². The van der Waals surface area contributed by atoms with Crippen LogP contribution in [0.3, 0.4) is 0 Å². The Kier molecular flexibility index (Phi) is 2.54. The molecule has 4 nitrogen and oxygen atoms in total. The molecule has 13 heavy (non-hydrogen) atoms. The maximum absolute atomic E-state index is 11.6. The second kappa shape index (κ2) is 3.46. The molecule has 1 aliphatic heterocycles. The summed E-state index contributed by atoms with van der Waals surface area (Å²) in [5.41, 5.74) is 0. The van der Waals surface area contributed by atoms with Crippen molar-refractivity contribution in [1.29, 1.82) is 0 Å². The fourth-order valence-corrected chi connectivity index (χ4v) is 0.519. The number of rotatable bonds is 1. The van der Waals surface area contributed by atoms with Crippen LogP contribution in [-0.4, -0.2) is 24.8 Å². The van der Waals surface area contributed by atoms with Gasteiger partial charge in [0.2, 0.25) is 0 Å². The lowest BCUT2D eigenvalue weighted by atomic mass is 10.6. The van der Waals surface area contributed by atoms with Crippen molar-refractivity contribution in [2.45, 2.75) is 12.6 Å². The van der Waals surface area contributed by atoms with Crippen LogP contribution in [0.5, 0.6) is 0 Å². The Morgan fingerprint density at radius 3 is 2.69 bits per heavy atom. The molecule has 0 aromatic rings. The number of alkyl halides is 3. The molecule has 0 amide bonds. The van der Waals surface area contributed by atoms with Gasteiger partial charge >= 0.3 is 18.6 Å². The minimum Gasteiger partial charge on any atom is -0.444 e. The molecule has 1 rings (SSSR count). The number of allylic oxidation sites excluding steroid dienone is 1. The minimum atomic E-state index is -5.03. The molecule has 0 radical (unpaired) electrons. The van der Waals surface area contributed by atoms with Crippen LogP contribution in [0.2, 0.25) is 0 Å². The number of halogens is 3. The highest BCUT2D eigenvalue weighted by Gasteiger charge is 2.42. The Bertz CT molecular complexity index is 258. The van der Waals surface area contributed by atoms with Crippen molar-refractivity contribution < 1.29 is 27.4 Å². The van der Waals surface area contributed by atoms with Gasteiger partial charge in [0.05, 0.1) is 6.26 Å². The van der Waals surface area contributed by atoms with Crippen LogP contribution < -0.4 is 0 Å². The van der Waals surface area contributed by atoms with Gasteiger partial charge in [0.1, 0.15) is 0 Å². The smallest absolute Gasteiger partial charge is 0.444 e. The molecule has 0 spiro atoms. The van der Waals surface area contributed by atoms with E-state index in [1.54, 1.807) is 0 Å². The van der Waals surface area contributed by atoms with Crippen LogP contribution in [0.1, 0.15) is 0 Å². The molecule has 0 bridgehead atoms. The van der Waals surface area contributed by atoms with Crippen molar-refractivity contribution in [3.8, 4) is 0 Å². The van der Waals surface area contributed by atoms with E-state index in [1.807, 2.05) is 0 Å². The molecule has 1 unspecified atom stereocenters. The van der Waals surface area contributed by atoms with Crippen LogP contribution in [0.4, 0.5) is 13.2 Å². The van der Waals surface area contributed by atoms with E-state index in [9.17, 15) is 18.0 Å². The summed E-state index contributed by atoms with van der Waals surface area (Å²) in [6.07, 6.45) is -2.99. The molecule has 0 saturated heterocycles. The fourth-order valence-electron chi connectivity index (χ4n) is 0.519. The Labute approximate surface area is 70.6 Å². The monoisotopic (exact) mass is 195 g/mol. The first-order chi connectivity index (χ1) is 6.00. The van der Waals surface area contributed by atoms with Crippen LogP contribution in [0.25, 0.3) is 0 Å². The number of hydrogen-bond donors (Lipinski definition) is 0. The van der Waals surface area contributed by atoms with E-state index >= 15 is 0 Å². The zero-order valence-electron chi connectivity index (χ0n) is 6.12. The number of carbonyl (C=O) groups excluding carboxylic acids is 1. The topological polar surface area (TPSA) is 47.9 Å². The van der Waals surface area contributed by atoms with Gasteiger partial charge in [0.15, 0.2) is 0 Å². The number of carbonyl (C=O) groups is 1. The van der Waals surface area contributed by atoms with Gasteiger partial charge in [-0.05, 0) is 6.08 Å². The molecule has 0 aliphatic carbocycles. The highest BCUT2D eigenvalue weighted by molar-refractivity contribution is 5.76. The Hall–Kier alpha value is -1.53. The lowest BCUT2D eigenvalue weighted by Gasteiger charge is -2.15. The first kappa shape index (κ1) is 9.56. The van der Waals surface area contributed by atoms with E-state index in [1.165, 1.54) is 6.08 Å². The van der Waals surface area contributed by atoms with Gasteiger partial charge in [-0.25, -0.2) is 9.79 Å².